The Morgan fingerprint density at radius 2 is 1.92 bits per heavy atom. The molecular formula is C19H20ClN3OS. The van der Waals surface area contributed by atoms with E-state index in [0.717, 1.165) is 22.4 Å². The summed E-state index contributed by atoms with van der Waals surface area (Å²) >= 11 is 7.46. The van der Waals surface area contributed by atoms with E-state index in [0.29, 0.717) is 10.8 Å². The van der Waals surface area contributed by atoms with Crippen molar-refractivity contribution >= 4 is 40.3 Å². The van der Waals surface area contributed by atoms with E-state index in [-0.39, 0.29) is 17.2 Å². The van der Waals surface area contributed by atoms with Gasteiger partial charge in [0.05, 0.1) is 28.1 Å². The number of H-pyrrole nitrogens is 1. The molecule has 0 saturated heterocycles. The third-order valence-electron chi connectivity index (χ3n) is 4.00. The summed E-state index contributed by atoms with van der Waals surface area (Å²) in [5.41, 5.74) is 3.00. The van der Waals surface area contributed by atoms with Gasteiger partial charge in [-0.1, -0.05) is 35.9 Å². The lowest BCUT2D eigenvalue weighted by molar-refractivity contribution is -0.119. The number of benzene rings is 2. The van der Waals surface area contributed by atoms with Crippen molar-refractivity contribution in [3.05, 3.63) is 64.9 Å². The van der Waals surface area contributed by atoms with Gasteiger partial charge >= 0.3 is 0 Å². The summed E-state index contributed by atoms with van der Waals surface area (Å²) in [6.07, 6.45) is 0. The number of halogens is 1. The van der Waals surface area contributed by atoms with Crippen molar-refractivity contribution in [3.63, 3.8) is 0 Å². The van der Waals surface area contributed by atoms with Crippen molar-refractivity contribution in [2.45, 2.75) is 25.1 Å². The Morgan fingerprint density at radius 1 is 1.20 bits per heavy atom. The topological polar surface area (TPSA) is 57.8 Å². The van der Waals surface area contributed by atoms with Gasteiger partial charge in [-0.15, -0.1) is 11.8 Å². The Bertz CT molecular complexity index is 829. The van der Waals surface area contributed by atoms with Crippen LogP contribution in [0.25, 0.3) is 11.0 Å². The number of carbonyl (C=O) groups excluding carboxylic acids is 1. The van der Waals surface area contributed by atoms with Crippen LogP contribution in [0.1, 0.15) is 36.5 Å². The molecule has 0 aliphatic heterocycles. The SMILES string of the molecule is CC(NC(=O)CSC(C)c1nc2ccccc2[nH]1)c1ccc(Cl)cc1. The number of nitrogens with one attached hydrogen (secondary N) is 2. The maximum atomic E-state index is 12.2. The normalized spacial score (nSPS) is 13.6. The first-order valence-corrected chi connectivity index (χ1v) is 9.56. The molecule has 2 aromatic carbocycles. The Labute approximate surface area is 156 Å². The smallest absolute Gasteiger partial charge is 0.230 e. The number of rotatable bonds is 6. The molecular weight excluding hydrogens is 354 g/mol. The predicted molar refractivity (Wildman–Crippen MR) is 105 cm³/mol. The van der Waals surface area contributed by atoms with Crippen molar-refractivity contribution in [1.29, 1.82) is 0 Å². The van der Waals surface area contributed by atoms with E-state index in [2.05, 4.69) is 22.2 Å². The van der Waals surface area contributed by atoms with Crippen LogP contribution in [0.5, 0.6) is 0 Å². The number of hydrogen-bond acceptors (Lipinski definition) is 3. The highest BCUT2D eigenvalue weighted by molar-refractivity contribution is 8.00. The minimum atomic E-state index is -0.0492. The van der Waals surface area contributed by atoms with Gasteiger partial charge < -0.3 is 10.3 Å². The number of carbonyl (C=O) groups is 1. The zero-order valence-electron chi connectivity index (χ0n) is 14.1. The molecule has 0 spiro atoms. The van der Waals surface area contributed by atoms with Gasteiger partial charge in [0.2, 0.25) is 5.91 Å². The van der Waals surface area contributed by atoms with Gasteiger partial charge in [-0.05, 0) is 43.7 Å². The molecule has 0 aliphatic carbocycles. The molecule has 0 bridgehead atoms. The Balaban J connectivity index is 1.53. The number of nitrogens with zero attached hydrogens (tertiary/aromatic N) is 1. The van der Waals surface area contributed by atoms with Gasteiger partial charge in [0.1, 0.15) is 5.82 Å². The molecule has 0 radical (unpaired) electrons. The molecule has 4 nitrogen and oxygen atoms in total. The molecule has 1 amide bonds. The second-order valence-electron chi connectivity index (χ2n) is 5.93. The first-order valence-electron chi connectivity index (χ1n) is 8.14. The fraction of sp³-hybridized carbons (Fsp3) is 0.263. The minimum Gasteiger partial charge on any atom is -0.349 e. The molecule has 6 heteroatoms. The number of thioether (sulfide) groups is 1. The lowest BCUT2D eigenvalue weighted by Crippen LogP contribution is -2.28. The molecule has 3 rings (SSSR count). The van der Waals surface area contributed by atoms with Crippen molar-refractivity contribution in [2.24, 2.45) is 0 Å². The molecule has 0 saturated carbocycles. The van der Waals surface area contributed by atoms with Gasteiger partial charge in [0, 0.05) is 5.02 Å². The van der Waals surface area contributed by atoms with Gasteiger partial charge in [-0.2, -0.15) is 0 Å². The van der Waals surface area contributed by atoms with E-state index in [9.17, 15) is 4.79 Å². The second kappa shape index (κ2) is 7.93. The van der Waals surface area contributed by atoms with Crippen molar-refractivity contribution < 1.29 is 4.79 Å². The highest BCUT2D eigenvalue weighted by Crippen LogP contribution is 2.27. The van der Waals surface area contributed by atoms with E-state index in [1.807, 2.05) is 55.5 Å². The maximum absolute atomic E-state index is 12.2. The minimum absolute atomic E-state index is 0.00964. The van der Waals surface area contributed by atoms with Crippen LogP contribution in [0.2, 0.25) is 5.02 Å². The van der Waals surface area contributed by atoms with E-state index in [1.165, 1.54) is 0 Å². The van der Waals surface area contributed by atoms with Crippen LogP contribution >= 0.6 is 23.4 Å². The van der Waals surface area contributed by atoms with Crippen molar-refractivity contribution in [1.82, 2.24) is 15.3 Å². The summed E-state index contributed by atoms with van der Waals surface area (Å²) in [7, 11) is 0. The third-order valence-corrected chi connectivity index (χ3v) is 5.41. The summed E-state index contributed by atoms with van der Waals surface area (Å²) in [4.78, 5) is 20.1. The summed E-state index contributed by atoms with van der Waals surface area (Å²) < 4.78 is 0. The fourth-order valence-corrected chi connectivity index (χ4v) is 3.44. The zero-order valence-corrected chi connectivity index (χ0v) is 15.7. The number of aromatic nitrogens is 2. The molecule has 1 heterocycles. The van der Waals surface area contributed by atoms with Crippen LogP contribution in [0, 0.1) is 0 Å². The summed E-state index contributed by atoms with van der Waals surface area (Å²) in [6.45, 7) is 4.02. The maximum Gasteiger partial charge on any atom is 0.230 e. The number of fused-ring (bicyclic) bond motifs is 1. The molecule has 130 valence electrons. The number of imidazole rings is 1. The highest BCUT2D eigenvalue weighted by atomic mass is 35.5. The first kappa shape index (κ1) is 17.8. The van der Waals surface area contributed by atoms with Crippen LogP contribution in [-0.2, 0) is 4.79 Å². The van der Waals surface area contributed by atoms with Crippen LogP contribution in [0.3, 0.4) is 0 Å². The predicted octanol–water partition coefficient (Wildman–Crippen LogP) is 4.89. The summed E-state index contributed by atoms with van der Waals surface area (Å²) in [6, 6.07) is 15.4. The monoisotopic (exact) mass is 373 g/mol. The largest absolute Gasteiger partial charge is 0.349 e. The Kier molecular flexibility index (Phi) is 5.66. The number of para-hydroxylation sites is 2. The van der Waals surface area contributed by atoms with Gasteiger partial charge in [0.15, 0.2) is 0 Å². The van der Waals surface area contributed by atoms with Gasteiger partial charge in [-0.3, -0.25) is 4.79 Å². The van der Waals surface area contributed by atoms with E-state index in [4.69, 9.17) is 11.6 Å². The number of aromatic amines is 1. The standard InChI is InChI=1S/C19H20ClN3OS/c1-12(14-7-9-15(20)10-8-14)21-18(24)11-25-13(2)19-22-16-5-3-4-6-17(16)23-19/h3-10,12-13H,11H2,1-2H3,(H,21,24)(H,22,23). The average molecular weight is 374 g/mol. The molecule has 2 unspecified atom stereocenters. The number of hydrogen-bond donors (Lipinski definition) is 2. The zero-order chi connectivity index (χ0) is 17.8. The lowest BCUT2D eigenvalue weighted by Gasteiger charge is -2.15. The fourth-order valence-electron chi connectivity index (χ4n) is 2.56. The third kappa shape index (κ3) is 4.55. The second-order valence-corrected chi connectivity index (χ2v) is 7.70. The highest BCUT2D eigenvalue weighted by Gasteiger charge is 2.15. The Hall–Kier alpha value is -1.98. The Morgan fingerprint density at radius 3 is 2.64 bits per heavy atom. The van der Waals surface area contributed by atoms with Crippen LogP contribution in [-0.4, -0.2) is 21.6 Å². The molecule has 1 aromatic heterocycles. The van der Waals surface area contributed by atoms with Crippen molar-refractivity contribution in [3.8, 4) is 0 Å². The van der Waals surface area contributed by atoms with Crippen LogP contribution in [0.15, 0.2) is 48.5 Å². The van der Waals surface area contributed by atoms with Crippen LogP contribution in [0.4, 0.5) is 0 Å². The number of amides is 1. The molecule has 25 heavy (non-hydrogen) atoms. The molecule has 2 N–H and O–H groups in total. The van der Waals surface area contributed by atoms with Gasteiger partial charge in [0.25, 0.3) is 0 Å². The van der Waals surface area contributed by atoms with E-state index < -0.39 is 0 Å². The van der Waals surface area contributed by atoms with E-state index >= 15 is 0 Å². The van der Waals surface area contributed by atoms with Crippen molar-refractivity contribution in [2.75, 3.05) is 5.75 Å². The lowest BCUT2D eigenvalue weighted by atomic mass is 10.1. The van der Waals surface area contributed by atoms with E-state index in [1.54, 1.807) is 11.8 Å². The summed E-state index contributed by atoms with van der Waals surface area (Å²) in [5, 5.41) is 3.82. The molecule has 3 aromatic rings. The molecule has 0 aliphatic rings. The molecule has 0 fully saturated rings. The quantitative estimate of drug-likeness (QED) is 0.646. The first-order chi connectivity index (χ1) is 12.0. The van der Waals surface area contributed by atoms with Crippen LogP contribution < -0.4 is 5.32 Å². The molecule has 2 atom stereocenters. The average Bonchev–Trinajstić information content (AvgIpc) is 3.04. The van der Waals surface area contributed by atoms with Gasteiger partial charge in [-0.25, -0.2) is 4.98 Å². The summed E-state index contributed by atoms with van der Waals surface area (Å²) in [5.74, 6) is 1.29.